The van der Waals surface area contributed by atoms with Crippen molar-refractivity contribution < 1.29 is 44.0 Å². The van der Waals surface area contributed by atoms with E-state index < -0.39 is 0 Å². The monoisotopic (exact) mass is 512 g/mol. The van der Waals surface area contributed by atoms with Gasteiger partial charge in [-0.25, -0.2) is 9.97 Å². The molecule has 1 aliphatic heterocycles. The van der Waals surface area contributed by atoms with Crippen molar-refractivity contribution in [1.29, 1.82) is 0 Å². The number of likely N-dealkylation sites (N-methyl/N-ethyl adjacent to an activating group) is 2. The Morgan fingerprint density at radius 2 is 0.706 bits per heavy atom. The molecule has 1 fully saturated rings. The fraction of sp³-hybridized carbons (Fsp3) is 0.500. The molecule has 14 heteroatoms. The van der Waals surface area contributed by atoms with Crippen molar-refractivity contribution in [3.05, 3.63) is 23.3 Å². The van der Waals surface area contributed by atoms with Gasteiger partial charge in [-0.15, -0.1) is 0 Å². The van der Waals surface area contributed by atoms with Crippen LogP contribution in [0.3, 0.4) is 0 Å². The zero-order valence-electron chi connectivity index (χ0n) is 19.8. The van der Waals surface area contributed by atoms with Crippen LogP contribution in [0, 0.1) is 0 Å². The van der Waals surface area contributed by atoms with Crippen molar-refractivity contribution in [1.82, 2.24) is 38.9 Å². The summed E-state index contributed by atoms with van der Waals surface area (Å²) >= 11 is 0. The number of quaternary nitrogens is 2. The van der Waals surface area contributed by atoms with Crippen molar-refractivity contribution in [2.45, 2.75) is 27.7 Å². The quantitative estimate of drug-likeness (QED) is 0.271. The number of carbonyl (C=O) groups is 4. The lowest BCUT2D eigenvalue weighted by molar-refractivity contribution is -0.001000. The number of carbonyl (C=O) groups excluding carboxylic acids is 4. The summed E-state index contributed by atoms with van der Waals surface area (Å²) in [7, 11) is 3.84. The second-order valence-corrected chi connectivity index (χ2v) is 8.48. The van der Waals surface area contributed by atoms with Crippen LogP contribution in [0.5, 0.6) is 0 Å². The van der Waals surface area contributed by atoms with E-state index in [1.165, 1.54) is 27.7 Å². The Labute approximate surface area is 209 Å². The van der Waals surface area contributed by atoms with Crippen LogP contribution in [0.1, 0.15) is 70.2 Å². The van der Waals surface area contributed by atoms with E-state index in [1.807, 2.05) is 14.1 Å². The van der Waals surface area contributed by atoms with Crippen molar-refractivity contribution in [2.24, 2.45) is 0 Å². The lowest BCUT2D eigenvalue weighted by Gasteiger charge is -2.42. The van der Waals surface area contributed by atoms with Crippen LogP contribution < -0.4 is 33.8 Å². The maximum Gasteiger partial charge on any atom is 0.333 e. The summed E-state index contributed by atoms with van der Waals surface area (Å²) in [6.45, 7) is 7.50. The van der Waals surface area contributed by atoms with Crippen molar-refractivity contribution in [3.8, 4) is 0 Å². The van der Waals surface area contributed by atoms with E-state index in [4.69, 9.17) is 0 Å². The van der Waals surface area contributed by atoms with E-state index in [1.54, 1.807) is 0 Å². The standard InChI is InChI=1S/C20H26N8O4.2ClH/c1-11(29)15-21-16(12(2)30)24-19(23-15)27(5)7-9-28(6,10-8-27)20-25-17(13(3)31)22-18(26-20)14(4)32;;/h7-10H2,1-6H3;2*1H/q+2;;/p-2. The molecule has 0 radical (unpaired) electrons. The molecule has 0 atom stereocenters. The SMILES string of the molecule is CC(=O)c1nc(C(C)=O)nc([N+]2(C)CC[N+](C)(c3nc(C(C)=O)nc(C(C)=O)n3)CC2)n1.[Cl-].[Cl-]. The molecule has 2 aromatic heterocycles. The third-order valence-electron chi connectivity index (χ3n) is 5.65. The number of Topliss-reactive ketones (excluding diaryl/α,β-unsaturated/α-hetero) is 4. The Balaban J connectivity index is 0.00000289. The highest BCUT2D eigenvalue weighted by Gasteiger charge is 2.44. The molecule has 0 unspecified atom stereocenters. The van der Waals surface area contributed by atoms with Crippen LogP contribution >= 0.6 is 0 Å². The van der Waals surface area contributed by atoms with Crippen LogP contribution in [-0.4, -0.2) is 93.3 Å². The van der Waals surface area contributed by atoms with E-state index in [0.29, 0.717) is 38.1 Å². The molecule has 34 heavy (non-hydrogen) atoms. The molecule has 3 rings (SSSR count). The van der Waals surface area contributed by atoms with Gasteiger partial charge in [0.1, 0.15) is 26.2 Å². The molecule has 1 saturated heterocycles. The van der Waals surface area contributed by atoms with Crippen LogP contribution in [0.2, 0.25) is 0 Å². The summed E-state index contributed by atoms with van der Waals surface area (Å²) in [5.41, 5.74) is 0. The minimum absolute atomic E-state index is 0. The summed E-state index contributed by atoms with van der Waals surface area (Å²) in [6, 6.07) is 0. The van der Waals surface area contributed by atoms with Gasteiger partial charge < -0.3 is 24.8 Å². The van der Waals surface area contributed by atoms with Crippen LogP contribution in [0.4, 0.5) is 11.9 Å². The first-order valence-corrected chi connectivity index (χ1v) is 10.1. The maximum absolute atomic E-state index is 11.9. The molecule has 1 aliphatic rings. The first kappa shape index (κ1) is 29.2. The molecule has 0 bridgehead atoms. The van der Waals surface area contributed by atoms with Crippen LogP contribution in [0.25, 0.3) is 0 Å². The molecular formula is C20H26Cl2N8O4. The van der Waals surface area contributed by atoms with Crippen molar-refractivity contribution in [2.75, 3.05) is 40.3 Å². The highest BCUT2D eigenvalue weighted by atomic mass is 35.5. The van der Waals surface area contributed by atoms with E-state index in [2.05, 4.69) is 29.9 Å². The van der Waals surface area contributed by atoms with Gasteiger partial charge in [0, 0.05) is 27.7 Å². The summed E-state index contributed by atoms with van der Waals surface area (Å²) in [5, 5.41) is 0. The third kappa shape index (κ3) is 5.81. The number of aromatic nitrogens is 6. The minimum Gasteiger partial charge on any atom is -1.00 e. The largest absolute Gasteiger partial charge is 1.00 e. The number of halogens is 2. The molecule has 0 amide bonds. The number of hydrogen-bond acceptors (Lipinski definition) is 10. The van der Waals surface area contributed by atoms with Gasteiger partial charge in [-0.3, -0.25) is 28.1 Å². The average Bonchev–Trinajstić information content (AvgIpc) is 2.75. The topological polar surface area (TPSA) is 146 Å². The van der Waals surface area contributed by atoms with Gasteiger partial charge in [-0.2, -0.15) is 19.9 Å². The summed E-state index contributed by atoms with van der Waals surface area (Å²) in [6.07, 6.45) is 0. The molecule has 184 valence electrons. The van der Waals surface area contributed by atoms with E-state index in [-0.39, 0.29) is 80.2 Å². The molecule has 12 nitrogen and oxygen atoms in total. The first-order valence-electron chi connectivity index (χ1n) is 10.1. The normalized spacial score (nSPS) is 21.6. The van der Waals surface area contributed by atoms with E-state index in [9.17, 15) is 19.2 Å². The zero-order valence-corrected chi connectivity index (χ0v) is 21.3. The van der Waals surface area contributed by atoms with E-state index >= 15 is 0 Å². The fourth-order valence-electron chi connectivity index (χ4n) is 3.35. The first-order chi connectivity index (χ1) is 14.8. The van der Waals surface area contributed by atoms with Gasteiger partial charge in [0.15, 0.2) is 23.1 Å². The van der Waals surface area contributed by atoms with Crippen LogP contribution in [-0.2, 0) is 0 Å². The Hall–Kier alpha value is -2.80. The van der Waals surface area contributed by atoms with Gasteiger partial charge in [0.25, 0.3) is 0 Å². The molecule has 2 aromatic rings. The average molecular weight is 513 g/mol. The highest BCUT2D eigenvalue weighted by molar-refractivity contribution is 5.95. The lowest BCUT2D eigenvalue weighted by atomic mass is 10.2. The zero-order chi connectivity index (χ0) is 23.8. The molecule has 0 aromatic carbocycles. The van der Waals surface area contributed by atoms with Crippen molar-refractivity contribution >= 4 is 35.0 Å². The maximum atomic E-state index is 11.9. The molecular weight excluding hydrogens is 487 g/mol. The fourth-order valence-corrected chi connectivity index (χ4v) is 3.35. The molecule has 0 spiro atoms. The summed E-state index contributed by atoms with van der Waals surface area (Å²) < 4.78 is 0.558. The predicted octanol–water partition coefficient (Wildman–Crippen LogP) is -5.54. The van der Waals surface area contributed by atoms with Gasteiger partial charge in [0.2, 0.25) is 23.3 Å². The summed E-state index contributed by atoms with van der Waals surface area (Å²) in [4.78, 5) is 72.7. The Morgan fingerprint density at radius 1 is 0.500 bits per heavy atom. The van der Waals surface area contributed by atoms with Gasteiger partial charge in [0.05, 0.1) is 14.1 Å². The predicted molar refractivity (Wildman–Crippen MR) is 115 cm³/mol. The Bertz CT molecular complexity index is 995. The van der Waals surface area contributed by atoms with Gasteiger partial charge in [-0.1, -0.05) is 0 Å². The number of piperazine rings is 1. The Kier molecular flexibility index (Phi) is 9.15. The Morgan fingerprint density at radius 3 is 0.882 bits per heavy atom. The highest BCUT2D eigenvalue weighted by Crippen LogP contribution is 2.26. The molecule has 0 saturated carbocycles. The second-order valence-electron chi connectivity index (χ2n) is 8.48. The molecule has 0 aliphatic carbocycles. The third-order valence-corrected chi connectivity index (χ3v) is 5.65. The number of nitrogens with zero attached hydrogens (tertiary/aromatic N) is 8. The minimum atomic E-state index is -0.348. The lowest BCUT2D eigenvalue weighted by Crippen LogP contribution is -3.00. The van der Waals surface area contributed by atoms with E-state index in [0.717, 1.165) is 0 Å². The smallest absolute Gasteiger partial charge is 0.333 e. The van der Waals surface area contributed by atoms with Crippen LogP contribution in [0.15, 0.2) is 0 Å². The number of rotatable bonds is 6. The van der Waals surface area contributed by atoms with Gasteiger partial charge >= 0.3 is 11.9 Å². The summed E-state index contributed by atoms with van der Waals surface area (Å²) in [5.74, 6) is -0.892. The number of hydrogen-bond donors (Lipinski definition) is 0. The second kappa shape index (κ2) is 10.6. The molecule has 0 N–H and O–H groups in total. The van der Waals surface area contributed by atoms with Crippen molar-refractivity contribution in [3.63, 3.8) is 0 Å². The van der Waals surface area contributed by atoms with Gasteiger partial charge in [-0.05, 0) is 0 Å². The number of ketones is 4. The molecule has 3 heterocycles.